The normalized spacial score (nSPS) is 12.5. The van der Waals surface area contributed by atoms with Gasteiger partial charge in [-0.05, 0) is 37.1 Å². The maximum Gasteiger partial charge on any atom is 0.0351 e. The number of hydrogen-bond acceptors (Lipinski definition) is 2. The third-order valence-electron chi connectivity index (χ3n) is 2.14. The predicted octanol–water partition coefficient (Wildman–Crippen LogP) is 2.85. The molecule has 1 aromatic carbocycles. The van der Waals surface area contributed by atoms with Crippen LogP contribution in [0.1, 0.15) is 13.3 Å². The molecule has 0 spiro atoms. The molecule has 3 heteroatoms. The van der Waals surface area contributed by atoms with Crippen molar-refractivity contribution >= 4 is 21.6 Å². The Kier molecular flexibility index (Phi) is 4.98. The summed E-state index contributed by atoms with van der Waals surface area (Å²) in [6, 6.07) is 8.20. The summed E-state index contributed by atoms with van der Waals surface area (Å²) < 4.78 is 1.11. The Balaban J connectivity index is 2.37. The number of nitrogens with two attached hydrogens (primary N) is 1. The van der Waals surface area contributed by atoms with Gasteiger partial charge in [-0.25, -0.2) is 0 Å². The lowest BCUT2D eigenvalue weighted by Gasteiger charge is -2.12. The molecule has 0 aliphatic carbocycles. The van der Waals surface area contributed by atoms with Gasteiger partial charge in [-0.2, -0.15) is 0 Å². The molecule has 0 fully saturated rings. The molecule has 78 valence electrons. The van der Waals surface area contributed by atoms with Crippen molar-refractivity contribution in [2.24, 2.45) is 11.7 Å². The van der Waals surface area contributed by atoms with Crippen LogP contribution in [0.25, 0.3) is 0 Å². The van der Waals surface area contributed by atoms with Crippen LogP contribution in [0.3, 0.4) is 0 Å². The molecule has 0 bridgehead atoms. The second-order valence-corrected chi connectivity index (χ2v) is 4.49. The Hall–Kier alpha value is -0.540. The van der Waals surface area contributed by atoms with Crippen LogP contribution in [0.15, 0.2) is 28.7 Å². The molecule has 1 atom stereocenters. The van der Waals surface area contributed by atoms with Crippen molar-refractivity contribution in [2.75, 3.05) is 18.4 Å². The highest BCUT2D eigenvalue weighted by Gasteiger charge is 2.00. The van der Waals surface area contributed by atoms with Crippen LogP contribution in [-0.2, 0) is 0 Å². The van der Waals surface area contributed by atoms with E-state index in [0.29, 0.717) is 5.92 Å². The minimum Gasteiger partial charge on any atom is -0.385 e. The highest BCUT2D eigenvalue weighted by Crippen LogP contribution is 2.16. The quantitative estimate of drug-likeness (QED) is 0.851. The molecular formula is C11H17BrN2. The second kappa shape index (κ2) is 6.04. The van der Waals surface area contributed by atoms with Gasteiger partial charge in [0.25, 0.3) is 0 Å². The van der Waals surface area contributed by atoms with Gasteiger partial charge in [-0.1, -0.05) is 28.9 Å². The van der Waals surface area contributed by atoms with Crippen LogP contribution in [0.5, 0.6) is 0 Å². The van der Waals surface area contributed by atoms with E-state index >= 15 is 0 Å². The van der Waals surface area contributed by atoms with Gasteiger partial charge in [0.1, 0.15) is 0 Å². The fraction of sp³-hybridized carbons (Fsp3) is 0.455. The summed E-state index contributed by atoms with van der Waals surface area (Å²) in [7, 11) is 0. The molecular weight excluding hydrogens is 240 g/mol. The first-order valence-corrected chi connectivity index (χ1v) is 5.71. The van der Waals surface area contributed by atoms with Gasteiger partial charge in [0.15, 0.2) is 0 Å². The fourth-order valence-corrected chi connectivity index (χ4v) is 1.68. The lowest BCUT2D eigenvalue weighted by atomic mass is 10.1. The number of rotatable bonds is 5. The first kappa shape index (κ1) is 11.5. The molecule has 2 nitrogen and oxygen atoms in total. The zero-order valence-electron chi connectivity index (χ0n) is 8.46. The van der Waals surface area contributed by atoms with Gasteiger partial charge in [0, 0.05) is 16.7 Å². The maximum absolute atomic E-state index is 5.49. The number of benzene rings is 1. The molecule has 14 heavy (non-hydrogen) atoms. The average molecular weight is 257 g/mol. The Morgan fingerprint density at radius 3 is 2.93 bits per heavy atom. The molecule has 0 aliphatic rings. The minimum atomic E-state index is 0.624. The largest absolute Gasteiger partial charge is 0.385 e. The Morgan fingerprint density at radius 1 is 1.50 bits per heavy atom. The Morgan fingerprint density at radius 2 is 2.29 bits per heavy atom. The van der Waals surface area contributed by atoms with E-state index in [9.17, 15) is 0 Å². The van der Waals surface area contributed by atoms with Crippen molar-refractivity contribution in [3.63, 3.8) is 0 Å². The van der Waals surface area contributed by atoms with Gasteiger partial charge in [0.05, 0.1) is 0 Å². The Labute approximate surface area is 94.0 Å². The van der Waals surface area contributed by atoms with E-state index < -0.39 is 0 Å². The number of halogens is 1. The SMILES string of the molecule is CC(CCN)CNc1cccc(Br)c1. The summed E-state index contributed by atoms with van der Waals surface area (Å²) in [5.74, 6) is 0.624. The van der Waals surface area contributed by atoms with Gasteiger partial charge >= 0.3 is 0 Å². The third kappa shape index (κ3) is 4.11. The molecule has 0 amide bonds. The number of anilines is 1. The molecule has 3 N–H and O–H groups in total. The first-order chi connectivity index (χ1) is 6.72. The van der Waals surface area contributed by atoms with E-state index in [1.165, 1.54) is 0 Å². The van der Waals surface area contributed by atoms with E-state index in [-0.39, 0.29) is 0 Å². The molecule has 0 heterocycles. The van der Waals surface area contributed by atoms with E-state index in [0.717, 1.165) is 29.7 Å². The van der Waals surface area contributed by atoms with Gasteiger partial charge in [0.2, 0.25) is 0 Å². The highest BCUT2D eigenvalue weighted by atomic mass is 79.9. The van der Waals surface area contributed by atoms with Crippen LogP contribution in [0, 0.1) is 5.92 Å². The zero-order valence-corrected chi connectivity index (χ0v) is 10.0. The summed E-state index contributed by atoms with van der Waals surface area (Å²) in [6.45, 7) is 3.95. The van der Waals surface area contributed by atoms with Crippen LogP contribution in [-0.4, -0.2) is 13.1 Å². The summed E-state index contributed by atoms with van der Waals surface area (Å²) >= 11 is 3.44. The molecule has 1 unspecified atom stereocenters. The highest BCUT2D eigenvalue weighted by molar-refractivity contribution is 9.10. The smallest absolute Gasteiger partial charge is 0.0351 e. The van der Waals surface area contributed by atoms with Crippen molar-refractivity contribution in [3.05, 3.63) is 28.7 Å². The van der Waals surface area contributed by atoms with Crippen molar-refractivity contribution < 1.29 is 0 Å². The third-order valence-corrected chi connectivity index (χ3v) is 2.63. The molecule has 1 aromatic rings. The van der Waals surface area contributed by atoms with E-state index in [2.05, 4.69) is 40.3 Å². The van der Waals surface area contributed by atoms with Gasteiger partial charge in [-0.3, -0.25) is 0 Å². The summed E-state index contributed by atoms with van der Waals surface area (Å²) in [5, 5.41) is 3.38. The van der Waals surface area contributed by atoms with Crippen molar-refractivity contribution in [1.29, 1.82) is 0 Å². The molecule has 0 aliphatic heterocycles. The number of hydrogen-bond donors (Lipinski definition) is 2. The van der Waals surface area contributed by atoms with Crippen molar-refractivity contribution in [2.45, 2.75) is 13.3 Å². The Bertz CT molecular complexity index is 276. The van der Waals surface area contributed by atoms with Crippen molar-refractivity contribution in [3.8, 4) is 0 Å². The topological polar surface area (TPSA) is 38.0 Å². The van der Waals surface area contributed by atoms with Crippen LogP contribution < -0.4 is 11.1 Å². The fourth-order valence-electron chi connectivity index (χ4n) is 1.28. The van der Waals surface area contributed by atoms with Gasteiger partial charge < -0.3 is 11.1 Å². The molecule has 1 rings (SSSR count). The summed E-state index contributed by atoms with van der Waals surface area (Å²) in [4.78, 5) is 0. The summed E-state index contributed by atoms with van der Waals surface area (Å²) in [5.41, 5.74) is 6.64. The van der Waals surface area contributed by atoms with Crippen molar-refractivity contribution in [1.82, 2.24) is 0 Å². The van der Waals surface area contributed by atoms with Crippen LogP contribution >= 0.6 is 15.9 Å². The molecule has 0 saturated heterocycles. The first-order valence-electron chi connectivity index (χ1n) is 4.92. The van der Waals surface area contributed by atoms with E-state index in [1.807, 2.05) is 12.1 Å². The number of nitrogens with one attached hydrogen (secondary N) is 1. The molecule has 0 aromatic heterocycles. The molecule has 0 radical (unpaired) electrons. The minimum absolute atomic E-state index is 0.624. The standard InChI is InChI=1S/C11H17BrN2/c1-9(5-6-13)8-14-11-4-2-3-10(12)7-11/h2-4,7,9,14H,5-6,8,13H2,1H3. The van der Waals surface area contributed by atoms with E-state index in [4.69, 9.17) is 5.73 Å². The average Bonchev–Trinajstić information content (AvgIpc) is 2.15. The predicted molar refractivity (Wildman–Crippen MR) is 65.5 cm³/mol. The summed E-state index contributed by atoms with van der Waals surface area (Å²) in [6.07, 6.45) is 1.07. The monoisotopic (exact) mass is 256 g/mol. The van der Waals surface area contributed by atoms with Gasteiger partial charge in [-0.15, -0.1) is 0 Å². The maximum atomic E-state index is 5.49. The molecule has 0 saturated carbocycles. The second-order valence-electron chi connectivity index (χ2n) is 3.57. The lowest BCUT2D eigenvalue weighted by Crippen LogP contribution is -2.15. The van der Waals surface area contributed by atoms with Crippen LogP contribution in [0.2, 0.25) is 0 Å². The zero-order chi connectivity index (χ0) is 10.4. The van der Waals surface area contributed by atoms with E-state index in [1.54, 1.807) is 0 Å². The lowest BCUT2D eigenvalue weighted by molar-refractivity contribution is 0.568. The van der Waals surface area contributed by atoms with Crippen LogP contribution in [0.4, 0.5) is 5.69 Å².